The van der Waals surface area contributed by atoms with Crippen molar-refractivity contribution in [2.24, 2.45) is 0 Å². The van der Waals surface area contributed by atoms with Crippen molar-refractivity contribution in [1.82, 2.24) is 15.5 Å². The van der Waals surface area contributed by atoms with Gasteiger partial charge in [0.15, 0.2) is 0 Å². The zero-order valence-corrected chi connectivity index (χ0v) is 11.2. The molecule has 2 rings (SSSR count). The lowest BCUT2D eigenvalue weighted by molar-refractivity contribution is -0.137. The minimum Gasteiger partial charge on any atom is -0.394 e. The van der Waals surface area contributed by atoms with E-state index < -0.39 is 0 Å². The number of nitrogens with one attached hydrogen (secondary N) is 2. The second-order valence-corrected chi connectivity index (χ2v) is 5.49. The minimum absolute atomic E-state index is 0.0150. The van der Waals surface area contributed by atoms with Crippen LogP contribution in [0.5, 0.6) is 0 Å². The predicted molar refractivity (Wildman–Crippen MR) is 70.3 cm³/mol. The highest BCUT2D eigenvalue weighted by Gasteiger charge is 2.31. The van der Waals surface area contributed by atoms with Gasteiger partial charge >= 0.3 is 0 Å². The van der Waals surface area contributed by atoms with Crippen molar-refractivity contribution in [3.63, 3.8) is 0 Å². The average Bonchev–Trinajstić information content (AvgIpc) is 2.63. The van der Waals surface area contributed by atoms with Gasteiger partial charge in [0.1, 0.15) is 0 Å². The van der Waals surface area contributed by atoms with Crippen LogP contribution in [0.3, 0.4) is 0 Å². The Morgan fingerprint density at radius 1 is 1.28 bits per heavy atom. The van der Waals surface area contributed by atoms with Crippen LogP contribution < -0.4 is 10.6 Å². The summed E-state index contributed by atoms with van der Waals surface area (Å²) in [7, 11) is 0. The Morgan fingerprint density at radius 2 is 2.11 bits per heavy atom. The molecular weight excluding hydrogens is 230 g/mol. The summed E-state index contributed by atoms with van der Waals surface area (Å²) in [5, 5.41) is 16.1. The predicted octanol–water partition coefficient (Wildman–Crippen LogP) is -0.300. The van der Waals surface area contributed by atoms with E-state index in [2.05, 4.69) is 17.6 Å². The maximum absolute atomic E-state index is 12.5. The quantitative estimate of drug-likeness (QED) is 0.634. The molecule has 3 atom stereocenters. The first-order chi connectivity index (χ1) is 8.72. The molecule has 0 radical (unpaired) electrons. The number of carbonyl (C=O) groups excluding carboxylic acids is 1. The fourth-order valence-electron chi connectivity index (χ4n) is 2.81. The number of amides is 1. The van der Waals surface area contributed by atoms with Gasteiger partial charge in [-0.05, 0) is 19.8 Å². The van der Waals surface area contributed by atoms with Gasteiger partial charge in [-0.25, -0.2) is 0 Å². The maximum Gasteiger partial charge on any atom is 0.241 e. The number of rotatable bonds is 2. The number of aliphatic hydroxyl groups excluding tert-OH is 1. The summed E-state index contributed by atoms with van der Waals surface area (Å²) in [5.41, 5.74) is 0. The Bertz CT molecular complexity index is 277. The Balaban J connectivity index is 1.96. The molecule has 18 heavy (non-hydrogen) atoms. The van der Waals surface area contributed by atoms with Crippen molar-refractivity contribution in [2.45, 2.75) is 50.7 Å². The summed E-state index contributed by atoms with van der Waals surface area (Å²) in [6.45, 7) is 4.50. The molecule has 5 heteroatoms. The topological polar surface area (TPSA) is 64.6 Å². The summed E-state index contributed by atoms with van der Waals surface area (Å²) >= 11 is 0. The van der Waals surface area contributed by atoms with E-state index in [9.17, 15) is 9.90 Å². The molecule has 0 aromatic heterocycles. The summed E-state index contributed by atoms with van der Waals surface area (Å²) in [5.74, 6) is 0.148. The van der Waals surface area contributed by atoms with E-state index in [0.29, 0.717) is 12.6 Å². The molecule has 2 heterocycles. The van der Waals surface area contributed by atoms with Gasteiger partial charge < -0.3 is 20.6 Å². The Morgan fingerprint density at radius 3 is 2.78 bits per heavy atom. The van der Waals surface area contributed by atoms with Crippen molar-refractivity contribution in [1.29, 1.82) is 0 Å². The number of likely N-dealkylation sites (tertiary alicyclic amines) is 1. The summed E-state index contributed by atoms with van der Waals surface area (Å²) < 4.78 is 0. The fourth-order valence-corrected chi connectivity index (χ4v) is 2.81. The summed E-state index contributed by atoms with van der Waals surface area (Å²) in [6.07, 6.45) is 4.26. The lowest BCUT2D eigenvalue weighted by Crippen LogP contribution is -2.61. The molecule has 104 valence electrons. The first kappa shape index (κ1) is 13.8. The smallest absolute Gasteiger partial charge is 0.241 e. The fraction of sp³-hybridized carbons (Fsp3) is 0.923. The molecule has 3 unspecified atom stereocenters. The van der Waals surface area contributed by atoms with Crippen molar-refractivity contribution in [2.75, 3.05) is 26.2 Å². The third-order valence-corrected chi connectivity index (χ3v) is 4.01. The van der Waals surface area contributed by atoms with Gasteiger partial charge in [0.25, 0.3) is 0 Å². The number of hydrogen-bond donors (Lipinski definition) is 3. The SMILES string of the molecule is CC1CNC(C(=O)N2CCCCCC2CO)CN1. The zero-order chi connectivity index (χ0) is 13.0. The first-order valence-electron chi connectivity index (χ1n) is 7.10. The van der Waals surface area contributed by atoms with E-state index in [1.807, 2.05) is 4.90 Å². The van der Waals surface area contributed by atoms with Gasteiger partial charge in [0, 0.05) is 25.7 Å². The number of piperazine rings is 1. The van der Waals surface area contributed by atoms with E-state index in [0.717, 1.165) is 38.8 Å². The van der Waals surface area contributed by atoms with E-state index in [-0.39, 0.29) is 24.6 Å². The molecular formula is C13H25N3O2. The van der Waals surface area contributed by atoms with Crippen molar-refractivity contribution in [3.05, 3.63) is 0 Å². The lowest BCUT2D eigenvalue weighted by Gasteiger charge is -2.35. The van der Waals surface area contributed by atoms with E-state index >= 15 is 0 Å². The molecule has 2 fully saturated rings. The lowest BCUT2D eigenvalue weighted by atomic mass is 10.1. The van der Waals surface area contributed by atoms with Gasteiger partial charge in [-0.3, -0.25) is 4.79 Å². The molecule has 0 aromatic rings. The van der Waals surface area contributed by atoms with E-state index in [4.69, 9.17) is 0 Å². The molecule has 1 amide bonds. The Hall–Kier alpha value is -0.650. The van der Waals surface area contributed by atoms with Crippen LogP contribution in [0.25, 0.3) is 0 Å². The van der Waals surface area contributed by atoms with Crippen LogP contribution in [0, 0.1) is 0 Å². The van der Waals surface area contributed by atoms with Gasteiger partial charge in [0.05, 0.1) is 18.7 Å². The molecule has 3 N–H and O–H groups in total. The molecule has 0 bridgehead atoms. The molecule has 0 aromatic carbocycles. The molecule has 2 aliphatic heterocycles. The van der Waals surface area contributed by atoms with Crippen molar-refractivity contribution in [3.8, 4) is 0 Å². The monoisotopic (exact) mass is 255 g/mol. The molecule has 0 saturated carbocycles. The van der Waals surface area contributed by atoms with Crippen LogP contribution in [0.15, 0.2) is 0 Å². The van der Waals surface area contributed by atoms with E-state index in [1.165, 1.54) is 0 Å². The third kappa shape index (κ3) is 3.22. The average molecular weight is 255 g/mol. The van der Waals surface area contributed by atoms with Crippen LogP contribution in [0.2, 0.25) is 0 Å². The normalized spacial score (nSPS) is 34.1. The van der Waals surface area contributed by atoms with Crippen LogP contribution in [0.4, 0.5) is 0 Å². The van der Waals surface area contributed by atoms with Crippen molar-refractivity contribution < 1.29 is 9.90 Å². The van der Waals surface area contributed by atoms with Gasteiger partial charge in [-0.1, -0.05) is 12.8 Å². The Labute approximate surface area is 109 Å². The zero-order valence-electron chi connectivity index (χ0n) is 11.2. The number of aliphatic hydroxyl groups is 1. The second-order valence-electron chi connectivity index (χ2n) is 5.49. The van der Waals surface area contributed by atoms with Crippen LogP contribution in [0.1, 0.15) is 32.6 Å². The van der Waals surface area contributed by atoms with Gasteiger partial charge in [0.2, 0.25) is 5.91 Å². The highest BCUT2D eigenvalue weighted by molar-refractivity contribution is 5.82. The van der Waals surface area contributed by atoms with Crippen LogP contribution >= 0.6 is 0 Å². The standard InChI is InChI=1S/C13H25N3O2/c1-10-7-15-12(8-14-10)13(18)16-6-4-2-3-5-11(16)9-17/h10-12,14-15,17H,2-9H2,1H3. The molecule has 2 saturated heterocycles. The Kier molecular flexibility index (Phi) is 4.97. The van der Waals surface area contributed by atoms with Crippen molar-refractivity contribution >= 4 is 5.91 Å². The number of hydrogen-bond acceptors (Lipinski definition) is 4. The third-order valence-electron chi connectivity index (χ3n) is 4.01. The number of carbonyl (C=O) groups is 1. The number of nitrogens with zero attached hydrogens (tertiary/aromatic N) is 1. The highest BCUT2D eigenvalue weighted by Crippen LogP contribution is 2.17. The van der Waals surface area contributed by atoms with Gasteiger partial charge in [-0.15, -0.1) is 0 Å². The molecule has 2 aliphatic rings. The largest absolute Gasteiger partial charge is 0.394 e. The summed E-state index contributed by atoms with van der Waals surface area (Å²) in [6, 6.07) is 0.307. The second kappa shape index (κ2) is 6.50. The van der Waals surface area contributed by atoms with E-state index in [1.54, 1.807) is 0 Å². The van der Waals surface area contributed by atoms with Gasteiger partial charge in [-0.2, -0.15) is 0 Å². The first-order valence-corrected chi connectivity index (χ1v) is 7.10. The van der Waals surface area contributed by atoms with Crippen LogP contribution in [-0.2, 0) is 4.79 Å². The summed E-state index contributed by atoms with van der Waals surface area (Å²) in [4.78, 5) is 14.4. The highest BCUT2D eigenvalue weighted by atomic mass is 16.3. The molecule has 0 aliphatic carbocycles. The van der Waals surface area contributed by atoms with Crippen LogP contribution in [-0.4, -0.2) is 60.3 Å². The molecule has 5 nitrogen and oxygen atoms in total. The molecule has 0 spiro atoms. The maximum atomic E-state index is 12.5. The minimum atomic E-state index is -0.131.